The van der Waals surface area contributed by atoms with Crippen molar-refractivity contribution in [1.29, 1.82) is 0 Å². The molecule has 1 aromatic heterocycles. The second-order valence-electron chi connectivity index (χ2n) is 8.21. The van der Waals surface area contributed by atoms with Crippen molar-refractivity contribution in [3.8, 4) is 0 Å². The smallest absolute Gasteiger partial charge is 0.239 e. The van der Waals surface area contributed by atoms with Crippen LogP contribution >= 0.6 is 0 Å². The number of hydrogen-bond donors (Lipinski definition) is 1. The molecule has 8 heteroatoms. The van der Waals surface area contributed by atoms with Gasteiger partial charge in [0.1, 0.15) is 0 Å². The van der Waals surface area contributed by atoms with Crippen LogP contribution in [0.4, 0.5) is 0 Å². The second kappa shape index (κ2) is 10.1. The van der Waals surface area contributed by atoms with Gasteiger partial charge in [-0.2, -0.15) is 5.10 Å². The summed E-state index contributed by atoms with van der Waals surface area (Å²) in [5.74, 6) is 1.25. The van der Waals surface area contributed by atoms with Gasteiger partial charge in [-0.3, -0.25) is 19.4 Å². The van der Waals surface area contributed by atoms with Crippen LogP contribution in [0.2, 0.25) is 0 Å². The lowest BCUT2D eigenvalue weighted by atomic mass is 10.2. The van der Waals surface area contributed by atoms with Gasteiger partial charge < -0.3 is 15.1 Å². The molecule has 2 saturated heterocycles. The fraction of sp³-hybridized carbons (Fsp3) is 0.762. The molecule has 0 aromatic carbocycles. The number of aromatic nitrogens is 2. The second-order valence-corrected chi connectivity index (χ2v) is 8.21. The van der Waals surface area contributed by atoms with Crippen molar-refractivity contribution in [1.82, 2.24) is 29.8 Å². The number of piperazine rings is 1. The van der Waals surface area contributed by atoms with Crippen molar-refractivity contribution in [3.63, 3.8) is 0 Å². The van der Waals surface area contributed by atoms with Crippen LogP contribution in [0.5, 0.6) is 0 Å². The summed E-state index contributed by atoms with van der Waals surface area (Å²) in [7, 11) is 1.84. The highest BCUT2D eigenvalue weighted by atomic mass is 16.2. The van der Waals surface area contributed by atoms with Crippen LogP contribution in [0.1, 0.15) is 37.6 Å². The number of aryl methyl sites for hydroxylation is 3. The van der Waals surface area contributed by atoms with Crippen molar-refractivity contribution in [2.75, 3.05) is 52.9 Å². The number of nitrogens with zero attached hydrogens (tertiary/aromatic N) is 6. The van der Waals surface area contributed by atoms with E-state index in [9.17, 15) is 4.79 Å². The Labute approximate surface area is 174 Å². The van der Waals surface area contributed by atoms with Gasteiger partial charge >= 0.3 is 0 Å². The molecule has 2 aliphatic rings. The van der Waals surface area contributed by atoms with Gasteiger partial charge in [0.25, 0.3) is 0 Å². The fourth-order valence-electron chi connectivity index (χ4n) is 4.34. The molecule has 0 radical (unpaired) electrons. The van der Waals surface area contributed by atoms with Gasteiger partial charge in [0.05, 0.1) is 11.7 Å². The maximum Gasteiger partial charge on any atom is 0.239 e. The van der Waals surface area contributed by atoms with Crippen molar-refractivity contribution < 1.29 is 4.79 Å². The van der Waals surface area contributed by atoms with Crippen molar-refractivity contribution in [2.24, 2.45) is 4.99 Å². The zero-order chi connectivity index (χ0) is 20.8. The first-order valence-electron chi connectivity index (χ1n) is 11.0. The summed E-state index contributed by atoms with van der Waals surface area (Å²) in [6, 6.07) is 2.09. The Bertz CT molecular complexity index is 700. The lowest BCUT2D eigenvalue weighted by Gasteiger charge is -2.39. The molecule has 162 valence electrons. The van der Waals surface area contributed by atoms with Crippen molar-refractivity contribution in [3.05, 3.63) is 17.5 Å². The maximum atomic E-state index is 12.7. The number of guanidine groups is 1. The minimum absolute atomic E-state index is 0.0222. The van der Waals surface area contributed by atoms with Crippen molar-refractivity contribution >= 4 is 11.9 Å². The third kappa shape index (κ3) is 5.50. The van der Waals surface area contributed by atoms with Gasteiger partial charge in [-0.05, 0) is 46.1 Å². The molecule has 0 aliphatic carbocycles. The van der Waals surface area contributed by atoms with E-state index in [2.05, 4.69) is 49.8 Å². The van der Waals surface area contributed by atoms with Crippen LogP contribution in [-0.4, -0.2) is 95.2 Å². The number of carbonyl (C=O) groups is 1. The highest BCUT2D eigenvalue weighted by molar-refractivity contribution is 5.82. The zero-order valence-electron chi connectivity index (χ0n) is 18.5. The minimum Gasteiger partial charge on any atom is -0.356 e. The number of carbonyl (C=O) groups excluding carboxylic acids is 1. The number of rotatable bonds is 6. The molecular formula is C21H37N7O. The first kappa shape index (κ1) is 21.6. The van der Waals surface area contributed by atoms with Gasteiger partial charge in [0, 0.05) is 65.1 Å². The summed E-state index contributed by atoms with van der Waals surface area (Å²) in [6.45, 7) is 13.4. The predicted molar refractivity (Wildman–Crippen MR) is 116 cm³/mol. The Kier molecular flexibility index (Phi) is 7.52. The molecular weight excluding hydrogens is 366 g/mol. The number of aliphatic imine (C=N–C) groups is 1. The SMILES string of the molecule is CN=C(NCCCn1nc(C)cc1C)N1CCN(C(C)C(=O)N2CCCC2)CC1. The average molecular weight is 404 g/mol. The normalized spacial score (nSPS) is 19.7. The lowest BCUT2D eigenvalue weighted by molar-refractivity contribution is -0.135. The van der Waals surface area contributed by atoms with Gasteiger partial charge in [-0.1, -0.05) is 0 Å². The molecule has 3 heterocycles. The van der Waals surface area contributed by atoms with E-state index in [1.165, 1.54) is 5.69 Å². The molecule has 1 N–H and O–H groups in total. The van der Waals surface area contributed by atoms with Crippen LogP contribution in [0.3, 0.4) is 0 Å². The topological polar surface area (TPSA) is 69.0 Å². The number of nitrogens with one attached hydrogen (secondary N) is 1. The standard InChI is InChI=1S/C21H37N7O/c1-17-16-18(2)28(24-17)11-7-8-23-21(22-4)27-14-12-25(13-15-27)19(3)20(29)26-9-5-6-10-26/h16,19H,5-15H2,1-4H3,(H,22,23). The molecule has 0 bridgehead atoms. The number of likely N-dealkylation sites (tertiary alicyclic amines) is 1. The van der Waals surface area contributed by atoms with Crippen LogP contribution in [0.25, 0.3) is 0 Å². The molecule has 2 fully saturated rings. The van der Waals surface area contributed by atoms with Crippen LogP contribution in [-0.2, 0) is 11.3 Å². The summed E-state index contributed by atoms with van der Waals surface area (Å²) in [5, 5.41) is 8.00. The van der Waals surface area contributed by atoms with Crippen LogP contribution in [0, 0.1) is 13.8 Å². The Hall–Kier alpha value is -2.09. The summed E-state index contributed by atoms with van der Waals surface area (Å²) < 4.78 is 2.07. The average Bonchev–Trinajstić information content (AvgIpc) is 3.37. The third-order valence-electron chi connectivity index (χ3n) is 6.08. The fourth-order valence-corrected chi connectivity index (χ4v) is 4.34. The molecule has 1 amide bonds. The molecule has 8 nitrogen and oxygen atoms in total. The van der Waals surface area contributed by atoms with E-state index in [0.29, 0.717) is 5.91 Å². The lowest BCUT2D eigenvalue weighted by Crippen LogP contribution is -2.57. The van der Waals surface area contributed by atoms with E-state index in [1.807, 2.05) is 18.9 Å². The van der Waals surface area contributed by atoms with E-state index in [0.717, 1.165) is 83.3 Å². The predicted octanol–water partition coefficient (Wildman–Crippen LogP) is 1.09. The Morgan fingerprint density at radius 3 is 2.41 bits per heavy atom. The number of hydrogen-bond acceptors (Lipinski definition) is 4. The maximum absolute atomic E-state index is 12.7. The van der Waals surface area contributed by atoms with E-state index in [-0.39, 0.29) is 6.04 Å². The summed E-state index contributed by atoms with van der Waals surface area (Å²) in [4.78, 5) is 23.8. The first-order chi connectivity index (χ1) is 14.0. The van der Waals surface area contributed by atoms with Crippen LogP contribution < -0.4 is 5.32 Å². The largest absolute Gasteiger partial charge is 0.356 e. The first-order valence-corrected chi connectivity index (χ1v) is 11.0. The van der Waals surface area contributed by atoms with E-state index >= 15 is 0 Å². The zero-order valence-corrected chi connectivity index (χ0v) is 18.5. The monoisotopic (exact) mass is 403 g/mol. The minimum atomic E-state index is -0.0222. The van der Waals surface area contributed by atoms with Crippen molar-refractivity contribution in [2.45, 2.75) is 52.6 Å². The quantitative estimate of drug-likeness (QED) is 0.438. The third-order valence-corrected chi connectivity index (χ3v) is 6.08. The summed E-state index contributed by atoms with van der Waals surface area (Å²) in [6.07, 6.45) is 3.30. The highest BCUT2D eigenvalue weighted by Gasteiger charge is 2.30. The molecule has 3 rings (SSSR count). The van der Waals surface area contributed by atoms with Gasteiger partial charge in [-0.15, -0.1) is 0 Å². The molecule has 1 aromatic rings. The Morgan fingerprint density at radius 2 is 1.83 bits per heavy atom. The van der Waals surface area contributed by atoms with Gasteiger partial charge in [0.15, 0.2) is 5.96 Å². The molecule has 0 spiro atoms. The summed E-state index contributed by atoms with van der Waals surface area (Å²) >= 11 is 0. The molecule has 2 aliphatic heterocycles. The molecule has 29 heavy (non-hydrogen) atoms. The van der Waals surface area contributed by atoms with Gasteiger partial charge in [0.2, 0.25) is 5.91 Å². The Balaban J connectivity index is 1.40. The van der Waals surface area contributed by atoms with E-state index in [1.54, 1.807) is 0 Å². The van der Waals surface area contributed by atoms with E-state index < -0.39 is 0 Å². The highest BCUT2D eigenvalue weighted by Crippen LogP contribution is 2.14. The summed E-state index contributed by atoms with van der Waals surface area (Å²) in [5.41, 5.74) is 2.28. The van der Waals surface area contributed by atoms with Gasteiger partial charge in [-0.25, -0.2) is 0 Å². The Morgan fingerprint density at radius 1 is 1.14 bits per heavy atom. The molecule has 0 saturated carbocycles. The number of amides is 1. The molecule has 1 unspecified atom stereocenters. The van der Waals surface area contributed by atoms with E-state index in [4.69, 9.17) is 0 Å². The van der Waals surface area contributed by atoms with Crippen LogP contribution in [0.15, 0.2) is 11.1 Å². The molecule has 1 atom stereocenters.